The summed E-state index contributed by atoms with van der Waals surface area (Å²) in [7, 11) is 9.76. The maximum atomic E-state index is 12.3. The Kier molecular flexibility index (Phi) is 11.3. The Hall–Kier alpha value is -6.34. The molecule has 50 heavy (non-hydrogen) atoms. The zero-order valence-electron chi connectivity index (χ0n) is 28.9. The monoisotopic (exact) mass is 670 g/mol. The van der Waals surface area contributed by atoms with E-state index in [-0.39, 0.29) is 24.9 Å². The predicted octanol–water partition coefficient (Wildman–Crippen LogP) is 5.70. The Bertz CT molecular complexity index is 2030. The maximum Gasteiger partial charge on any atom is 0.248 e. The first-order chi connectivity index (χ1) is 24.3. The normalized spacial score (nSPS) is 13.6. The van der Waals surface area contributed by atoms with Crippen LogP contribution in [0.1, 0.15) is 22.3 Å². The number of fused-ring (bicyclic) bond motifs is 2. The number of carbonyl (C=O) groups excluding carboxylic acids is 2. The fourth-order valence-electron chi connectivity index (χ4n) is 5.28. The zero-order chi connectivity index (χ0) is 35.6. The average Bonchev–Trinajstić information content (AvgIpc) is 3.35. The third-order valence-corrected chi connectivity index (χ3v) is 8.10. The van der Waals surface area contributed by atoms with Crippen molar-refractivity contribution in [1.82, 2.24) is 0 Å². The molecule has 0 bridgehead atoms. The van der Waals surface area contributed by atoms with Gasteiger partial charge in [0, 0.05) is 42.9 Å². The van der Waals surface area contributed by atoms with Crippen LogP contribution in [-0.2, 0) is 9.59 Å². The van der Waals surface area contributed by atoms with Crippen molar-refractivity contribution in [1.29, 1.82) is 0 Å². The largest absolute Gasteiger partial charge is 0.493 e. The van der Waals surface area contributed by atoms with Gasteiger partial charge in [0.2, 0.25) is 11.8 Å². The van der Waals surface area contributed by atoms with Gasteiger partial charge in [0.1, 0.15) is 18.8 Å². The van der Waals surface area contributed by atoms with E-state index < -0.39 is 0 Å². The van der Waals surface area contributed by atoms with E-state index in [1.54, 1.807) is 58.4 Å². The molecule has 2 aliphatic rings. The first-order valence-corrected chi connectivity index (χ1v) is 15.7. The van der Waals surface area contributed by atoms with Crippen LogP contribution in [0.4, 0.5) is 11.4 Å². The molecule has 10 nitrogen and oxygen atoms in total. The summed E-state index contributed by atoms with van der Waals surface area (Å²) in [5.41, 5.74) is 6.26. The van der Waals surface area contributed by atoms with E-state index in [0.29, 0.717) is 34.4 Å². The van der Waals surface area contributed by atoms with Crippen molar-refractivity contribution in [3.8, 4) is 34.8 Å². The highest BCUT2D eigenvalue weighted by Gasteiger charge is 2.25. The number of aliphatic imine (C=N–C) groups is 2. The van der Waals surface area contributed by atoms with Crippen molar-refractivity contribution >= 4 is 40.7 Å². The number of benzodiazepines with no additional fused rings is 2. The number of amides is 2. The van der Waals surface area contributed by atoms with Crippen LogP contribution in [0.3, 0.4) is 0 Å². The van der Waals surface area contributed by atoms with Gasteiger partial charge in [0.25, 0.3) is 0 Å². The molecule has 0 unspecified atom stereocenters. The van der Waals surface area contributed by atoms with Gasteiger partial charge in [-0.1, -0.05) is 60.5 Å². The van der Waals surface area contributed by atoms with Crippen LogP contribution in [0.25, 0.3) is 6.08 Å². The minimum absolute atomic E-state index is 0.0502. The highest BCUT2D eigenvalue weighted by Crippen LogP contribution is 2.37. The fourth-order valence-corrected chi connectivity index (χ4v) is 5.28. The summed E-state index contributed by atoms with van der Waals surface area (Å²) >= 11 is 0. The molecule has 2 aliphatic heterocycles. The molecule has 0 aromatic heterocycles. The van der Waals surface area contributed by atoms with Crippen molar-refractivity contribution in [3.05, 3.63) is 113 Å². The lowest BCUT2D eigenvalue weighted by Crippen LogP contribution is -2.27. The quantitative estimate of drug-likeness (QED) is 0.244. The van der Waals surface area contributed by atoms with Gasteiger partial charge in [-0.15, -0.1) is 0 Å². The van der Waals surface area contributed by atoms with Crippen molar-refractivity contribution in [2.75, 3.05) is 65.4 Å². The zero-order valence-corrected chi connectivity index (χ0v) is 28.9. The molecule has 0 saturated heterocycles. The number of likely N-dealkylation sites (N-methyl/N-ethyl adjacent to an activating group) is 2. The van der Waals surface area contributed by atoms with Crippen LogP contribution >= 0.6 is 0 Å². The van der Waals surface area contributed by atoms with Crippen LogP contribution in [0, 0.1) is 11.8 Å². The number of ether oxygens (including phenoxy) is 4. The summed E-state index contributed by atoms with van der Waals surface area (Å²) in [4.78, 5) is 36.6. The van der Waals surface area contributed by atoms with Gasteiger partial charge in [0.05, 0.1) is 45.5 Å². The first-order valence-electron chi connectivity index (χ1n) is 15.7. The minimum atomic E-state index is -0.106. The van der Waals surface area contributed by atoms with Crippen molar-refractivity contribution in [3.63, 3.8) is 0 Å². The lowest BCUT2D eigenvalue weighted by Gasteiger charge is -2.20. The summed E-state index contributed by atoms with van der Waals surface area (Å²) in [6.45, 7) is 0.152. The van der Waals surface area contributed by atoms with E-state index in [1.165, 1.54) is 0 Å². The number of methoxy groups -OCH3 is 4. The van der Waals surface area contributed by atoms with Crippen molar-refractivity contribution in [2.45, 2.75) is 0 Å². The Morgan fingerprint density at radius 2 is 1.08 bits per heavy atom. The lowest BCUT2D eigenvalue weighted by atomic mass is 10.0. The molecule has 0 atom stereocenters. The van der Waals surface area contributed by atoms with E-state index in [1.807, 2.05) is 91.0 Å². The number of anilines is 2. The number of rotatable bonds is 6. The van der Waals surface area contributed by atoms with Gasteiger partial charge in [-0.25, -0.2) is 0 Å². The number of nitrogens with zero attached hydrogens (tertiary/aromatic N) is 4. The SMILES string of the molecule is COc1cc2c(cc1OC)N(C)C(=O)CN=C2/C=C/c1ccccc1.COc1cc2c(cc1OC)N(C)C(=O)CN=C2C#Cc1ccccc1. The van der Waals surface area contributed by atoms with Gasteiger partial charge in [-0.2, -0.15) is 0 Å². The standard InChI is InChI=1S/C20H20N2O3.C20H18N2O3/c2*1-22-17-12-19(25-3)18(24-2)11-15(17)16(21-13-20(22)23)10-9-14-7-5-4-6-8-14/h4-12H,13H2,1-3H3;4-8,11-12H,13H2,1-3H3/b10-9+;. The van der Waals surface area contributed by atoms with Crippen LogP contribution in [0.5, 0.6) is 23.0 Å². The fraction of sp³-hybridized carbons (Fsp3) is 0.200. The van der Waals surface area contributed by atoms with Crippen LogP contribution < -0.4 is 28.7 Å². The summed E-state index contributed by atoms with van der Waals surface area (Å²) in [6, 6.07) is 26.9. The summed E-state index contributed by atoms with van der Waals surface area (Å²) < 4.78 is 21.5. The van der Waals surface area contributed by atoms with E-state index >= 15 is 0 Å². The highest BCUT2D eigenvalue weighted by molar-refractivity contribution is 6.20. The molecule has 2 heterocycles. The molecule has 0 aliphatic carbocycles. The average molecular weight is 671 g/mol. The van der Waals surface area contributed by atoms with Crippen molar-refractivity contribution < 1.29 is 28.5 Å². The second-order valence-electron chi connectivity index (χ2n) is 11.1. The number of benzene rings is 4. The molecular weight excluding hydrogens is 632 g/mol. The third kappa shape index (κ3) is 7.85. The number of hydrogen-bond donors (Lipinski definition) is 0. The molecule has 6 rings (SSSR count). The second kappa shape index (κ2) is 16.2. The number of carbonyl (C=O) groups is 2. The molecule has 4 aromatic carbocycles. The second-order valence-corrected chi connectivity index (χ2v) is 11.1. The van der Waals surface area contributed by atoms with E-state index in [2.05, 4.69) is 21.8 Å². The van der Waals surface area contributed by atoms with Gasteiger partial charge < -0.3 is 28.7 Å². The minimum Gasteiger partial charge on any atom is -0.493 e. The van der Waals surface area contributed by atoms with E-state index in [4.69, 9.17) is 18.9 Å². The summed E-state index contributed by atoms with van der Waals surface area (Å²) in [5, 5.41) is 0. The van der Waals surface area contributed by atoms with Crippen molar-refractivity contribution in [2.24, 2.45) is 9.98 Å². The topological polar surface area (TPSA) is 102 Å². The van der Waals surface area contributed by atoms with Gasteiger partial charge in [-0.05, 0) is 41.8 Å². The van der Waals surface area contributed by atoms with Crippen LogP contribution in [0.2, 0.25) is 0 Å². The van der Waals surface area contributed by atoms with Gasteiger partial charge >= 0.3 is 0 Å². The van der Waals surface area contributed by atoms with Gasteiger partial charge in [-0.3, -0.25) is 19.6 Å². The summed E-state index contributed by atoms with van der Waals surface area (Å²) in [6.07, 6.45) is 3.90. The molecule has 254 valence electrons. The Balaban J connectivity index is 0.000000194. The molecule has 0 fully saturated rings. The van der Waals surface area contributed by atoms with Crippen LogP contribution in [-0.4, -0.2) is 78.9 Å². The Morgan fingerprint density at radius 3 is 1.64 bits per heavy atom. The molecule has 0 N–H and O–H groups in total. The Labute approximate surface area is 292 Å². The van der Waals surface area contributed by atoms with Crippen LogP contribution in [0.15, 0.2) is 101 Å². The number of hydrogen-bond acceptors (Lipinski definition) is 8. The molecule has 0 spiro atoms. The summed E-state index contributed by atoms with van der Waals surface area (Å²) in [5.74, 6) is 8.31. The van der Waals surface area contributed by atoms with E-state index in [0.717, 1.165) is 33.7 Å². The van der Waals surface area contributed by atoms with E-state index in [9.17, 15) is 9.59 Å². The third-order valence-electron chi connectivity index (χ3n) is 8.10. The molecule has 4 aromatic rings. The molecular formula is C40H38N4O6. The molecule has 2 amide bonds. The molecule has 10 heteroatoms. The number of allylic oxidation sites excluding steroid dienone is 1. The molecule has 0 radical (unpaired) electrons. The predicted molar refractivity (Wildman–Crippen MR) is 198 cm³/mol. The molecule has 0 saturated carbocycles. The van der Waals surface area contributed by atoms with Gasteiger partial charge in [0.15, 0.2) is 23.0 Å². The lowest BCUT2D eigenvalue weighted by molar-refractivity contribution is -0.117. The highest BCUT2D eigenvalue weighted by atomic mass is 16.5. The maximum absolute atomic E-state index is 12.3. The smallest absolute Gasteiger partial charge is 0.248 e. The first kappa shape index (κ1) is 35.0. The Morgan fingerprint density at radius 1 is 0.600 bits per heavy atom.